The minimum atomic E-state index is -0.482. The Morgan fingerprint density at radius 1 is 1.23 bits per heavy atom. The zero-order valence-corrected chi connectivity index (χ0v) is 22.3. The highest BCUT2D eigenvalue weighted by atomic mass is 32.2. The van der Waals surface area contributed by atoms with Crippen molar-refractivity contribution in [2.75, 3.05) is 29.1 Å². The molecule has 0 radical (unpaired) electrons. The Morgan fingerprint density at radius 3 is 2.60 bits per heavy atom. The van der Waals surface area contributed by atoms with E-state index in [-0.39, 0.29) is 11.7 Å². The molecule has 2 aromatic heterocycles. The van der Waals surface area contributed by atoms with Gasteiger partial charge >= 0.3 is 0 Å². The fourth-order valence-corrected chi connectivity index (χ4v) is 6.64. The number of anilines is 2. The van der Waals surface area contributed by atoms with Gasteiger partial charge in [0.15, 0.2) is 11.0 Å². The van der Waals surface area contributed by atoms with Crippen LogP contribution in [0.3, 0.4) is 0 Å². The molecule has 0 bridgehead atoms. The summed E-state index contributed by atoms with van der Waals surface area (Å²) in [4.78, 5) is 28.3. The highest BCUT2D eigenvalue weighted by molar-refractivity contribution is 7.99. The van der Waals surface area contributed by atoms with Gasteiger partial charge < -0.3 is 20.5 Å². The number of nitrogens with zero attached hydrogens (tertiary/aromatic N) is 4. The average molecular weight is 513 g/mol. The zero-order chi connectivity index (χ0) is 25.1. The lowest BCUT2D eigenvalue weighted by Crippen LogP contribution is -2.21. The van der Waals surface area contributed by atoms with Gasteiger partial charge in [-0.05, 0) is 68.9 Å². The molecule has 0 fully saturated rings. The van der Waals surface area contributed by atoms with Crippen LogP contribution >= 0.6 is 23.1 Å². The van der Waals surface area contributed by atoms with E-state index in [0.29, 0.717) is 21.6 Å². The van der Waals surface area contributed by atoms with Gasteiger partial charge in [-0.2, -0.15) is 0 Å². The largest absolute Gasteiger partial charge is 0.372 e. The third kappa shape index (κ3) is 5.38. The van der Waals surface area contributed by atoms with E-state index in [1.54, 1.807) is 0 Å². The second kappa shape index (κ2) is 10.8. The monoisotopic (exact) mass is 512 g/mol. The quantitative estimate of drug-likeness (QED) is 0.413. The van der Waals surface area contributed by atoms with Crippen LogP contribution in [-0.4, -0.2) is 45.4 Å². The number of primary amides is 1. The molecule has 3 aromatic rings. The van der Waals surface area contributed by atoms with Crippen LogP contribution in [0.5, 0.6) is 0 Å². The second-order valence-electron chi connectivity index (χ2n) is 8.84. The van der Waals surface area contributed by atoms with Gasteiger partial charge in [0.05, 0.1) is 11.3 Å². The van der Waals surface area contributed by atoms with Crippen LogP contribution in [0.25, 0.3) is 11.4 Å². The third-order valence-electron chi connectivity index (χ3n) is 6.43. The average Bonchev–Trinajstić information content (AvgIpc) is 3.38. The lowest BCUT2D eigenvalue weighted by molar-refractivity contribution is -0.113. The Balaban J connectivity index is 1.42. The molecule has 0 saturated carbocycles. The number of carbonyl (C=O) groups excluding carboxylic acids is 2. The number of hydrogen-bond donors (Lipinski definition) is 2. The van der Waals surface area contributed by atoms with E-state index in [1.165, 1.54) is 28.8 Å². The molecule has 1 atom stereocenters. The van der Waals surface area contributed by atoms with Crippen LogP contribution in [0.4, 0.5) is 10.7 Å². The first-order chi connectivity index (χ1) is 16.8. The predicted molar refractivity (Wildman–Crippen MR) is 143 cm³/mol. The van der Waals surface area contributed by atoms with Gasteiger partial charge in [0.1, 0.15) is 5.00 Å². The summed E-state index contributed by atoms with van der Waals surface area (Å²) in [6, 6.07) is 8.27. The number of hydrogen-bond acceptors (Lipinski definition) is 7. The molecule has 1 aromatic carbocycles. The van der Waals surface area contributed by atoms with Gasteiger partial charge in [-0.3, -0.25) is 9.59 Å². The van der Waals surface area contributed by atoms with Crippen molar-refractivity contribution in [2.24, 2.45) is 18.7 Å². The van der Waals surface area contributed by atoms with Crippen molar-refractivity contribution in [3.05, 3.63) is 40.3 Å². The molecule has 8 nitrogen and oxygen atoms in total. The Labute approximate surface area is 214 Å². The van der Waals surface area contributed by atoms with Crippen molar-refractivity contribution in [1.82, 2.24) is 14.8 Å². The molecule has 1 unspecified atom stereocenters. The number of fused-ring (bicyclic) bond motifs is 1. The molecule has 3 N–H and O–H groups in total. The topological polar surface area (TPSA) is 106 Å². The van der Waals surface area contributed by atoms with Crippen LogP contribution in [0.15, 0.2) is 29.4 Å². The van der Waals surface area contributed by atoms with Crippen molar-refractivity contribution in [3.8, 4) is 11.4 Å². The van der Waals surface area contributed by atoms with Crippen molar-refractivity contribution in [3.63, 3.8) is 0 Å². The fourth-order valence-electron chi connectivity index (χ4n) is 4.49. The SMILES string of the molecule is CCN(CC)c1ccc(-c2nnc(SCC(=O)Nc3sc4c(c3C(N)=O)CCC(C)C4)n2C)cc1. The van der Waals surface area contributed by atoms with E-state index in [0.717, 1.165) is 54.2 Å². The normalized spacial score (nSPS) is 15.0. The maximum atomic E-state index is 12.7. The molecule has 1 aliphatic carbocycles. The standard InChI is InChI=1S/C25H32N6O2S2/c1-5-31(6-2)17-10-8-16(9-11-17)23-28-29-25(30(23)4)34-14-20(32)27-24-21(22(26)33)18-12-7-15(3)13-19(18)35-24/h8-11,15H,5-7,12-14H2,1-4H3,(H2,26,33)(H,27,32). The first kappa shape index (κ1) is 25.2. The summed E-state index contributed by atoms with van der Waals surface area (Å²) in [7, 11) is 1.90. The minimum absolute atomic E-state index is 0.157. The number of benzene rings is 1. The molecule has 1 aliphatic rings. The van der Waals surface area contributed by atoms with Gasteiger partial charge in [0.25, 0.3) is 5.91 Å². The molecule has 4 rings (SSSR count). The summed E-state index contributed by atoms with van der Waals surface area (Å²) in [5.41, 5.74) is 9.29. The number of rotatable bonds is 9. The molecule has 2 heterocycles. The summed E-state index contributed by atoms with van der Waals surface area (Å²) >= 11 is 2.79. The number of amides is 2. The van der Waals surface area contributed by atoms with Crippen molar-refractivity contribution >= 4 is 45.6 Å². The van der Waals surface area contributed by atoms with E-state index >= 15 is 0 Å². The van der Waals surface area contributed by atoms with Gasteiger partial charge in [-0.25, -0.2) is 0 Å². The molecule has 0 spiro atoms. The Morgan fingerprint density at radius 2 is 1.94 bits per heavy atom. The molecular formula is C25H32N6O2S2. The second-order valence-corrected chi connectivity index (χ2v) is 10.9. The van der Waals surface area contributed by atoms with Crippen LogP contribution in [-0.2, 0) is 24.7 Å². The smallest absolute Gasteiger partial charge is 0.251 e. The molecular weight excluding hydrogens is 480 g/mol. The number of carbonyl (C=O) groups is 2. The summed E-state index contributed by atoms with van der Waals surface area (Å²) in [6.07, 6.45) is 2.77. The van der Waals surface area contributed by atoms with Crippen molar-refractivity contribution in [2.45, 2.75) is 45.2 Å². The van der Waals surface area contributed by atoms with Crippen LogP contribution in [0.2, 0.25) is 0 Å². The third-order valence-corrected chi connectivity index (χ3v) is 8.62. The van der Waals surface area contributed by atoms with Gasteiger partial charge in [-0.15, -0.1) is 21.5 Å². The van der Waals surface area contributed by atoms with Crippen LogP contribution in [0, 0.1) is 5.92 Å². The highest BCUT2D eigenvalue weighted by Crippen LogP contribution is 2.39. The molecule has 2 amide bonds. The molecule has 35 heavy (non-hydrogen) atoms. The maximum Gasteiger partial charge on any atom is 0.251 e. The number of nitrogens with two attached hydrogens (primary N) is 1. The summed E-state index contributed by atoms with van der Waals surface area (Å²) < 4.78 is 1.89. The lowest BCUT2D eigenvalue weighted by atomic mass is 9.88. The van der Waals surface area contributed by atoms with Crippen LogP contribution < -0.4 is 16.0 Å². The number of thiophene rings is 1. The van der Waals surface area contributed by atoms with E-state index in [4.69, 9.17) is 5.73 Å². The highest BCUT2D eigenvalue weighted by Gasteiger charge is 2.27. The molecule has 186 valence electrons. The fraction of sp³-hybridized carbons (Fsp3) is 0.440. The molecule has 0 aliphatic heterocycles. The number of nitrogens with one attached hydrogen (secondary N) is 1. The van der Waals surface area contributed by atoms with E-state index in [9.17, 15) is 9.59 Å². The molecule has 10 heteroatoms. The van der Waals surface area contributed by atoms with E-state index in [2.05, 4.69) is 53.3 Å². The Hall–Kier alpha value is -2.85. The summed E-state index contributed by atoms with van der Waals surface area (Å²) in [5.74, 6) is 0.793. The Kier molecular flexibility index (Phi) is 7.81. The summed E-state index contributed by atoms with van der Waals surface area (Å²) in [6.45, 7) is 8.40. The van der Waals surface area contributed by atoms with Crippen molar-refractivity contribution < 1.29 is 9.59 Å². The van der Waals surface area contributed by atoms with Gasteiger partial charge in [-0.1, -0.05) is 18.7 Å². The van der Waals surface area contributed by atoms with Crippen LogP contribution in [0.1, 0.15) is 48.0 Å². The first-order valence-corrected chi connectivity index (χ1v) is 13.7. The molecule has 0 saturated heterocycles. The minimum Gasteiger partial charge on any atom is -0.372 e. The first-order valence-electron chi connectivity index (χ1n) is 11.9. The summed E-state index contributed by atoms with van der Waals surface area (Å²) in [5, 5.41) is 12.8. The lowest BCUT2D eigenvalue weighted by Gasteiger charge is -2.21. The van der Waals surface area contributed by atoms with Crippen molar-refractivity contribution in [1.29, 1.82) is 0 Å². The number of thioether (sulfide) groups is 1. The predicted octanol–water partition coefficient (Wildman–Crippen LogP) is 4.34. The van der Waals surface area contributed by atoms with Gasteiger partial charge in [0, 0.05) is 36.3 Å². The maximum absolute atomic E-state index is 12.7. The Bertz CT molecular complexity index is 1210. The number of aromatic nitrogens is 3. The van der Waals surface area contributed by atoms with Gasteiger partial charge in [0.2, 0.25) is 5.91 Å². The van der Waals surface area contributed by atoms with E-state index < -0.39 is 5.91 Å². The zero-order valence-electron chi connectivity index (χ0n) is 20.6. The van der Waals surface area contributed by atoms with E-state index in [1.807, 2.05) is 23.7 Å².